The zero-order chi connectivity index (χ0) is 17.5. The number of anilines is 1. The summed E-state index contributed by atoms with van der Waals surface area (Å²) in [5.74, 6) is 0.486. The lowest BCUT2D eigenvalue weighted by molar-refractivity contribution is 0.0943. The highest BCUT2D eigenvalue weighted by Gasteiger charge is 2.10. The van der Waals surface area contributed by atoms with E-state index in [2.05, 4.69) is 20.2 Å². The first-order valence-corrected chi connectivity index (χ1v) is 8.09. The van der Waals surface area contributed by atoms with Crippen molar-refractivity contribution in [3.8, 4) is 0 Å². The molecule has 1 amide bonds. The monoisotopic (exact) mass is 336 g/mol. The second-order valence-corrected chi connectivity index (χ2v) is 5.69. The second kappa shape index (κ2) is 8.10. The Balaban J connectivity index is 1.59. The molecule has 0 saturated heterocycles. The maximum absolute atomic E-state index is 12.3. The molecule has 0 aliphatic heterocycles. The Morgan fingerprint density at radius 3 is 2.80 bits per heavy atom. The van der Waals surface area contributed by atoms with Gasteiger partial charge < -0.3 is 14.6 Å². The van der Waals surface area contributed by atoms with Crippen molar-refractivity contribution in [2.45, 2.75) is 13.0 Å². The molecular weight excluding hydrogens is 316 g/mol. The van der Waals surface area contributed by atoms with E-state index in [1.807, 2.05) is 31.3 Å². The van der Waals surface area contributed by atoms with Crippen LogP contribution < -0.4 is 10.2 Å². The van der Waals surface area contributed by atoms with Crippen molar-refractivity contribution in [3.05, 3.63) is 78.3 Å². The van der Waals surface area contributed by atoms with Crippen molar-refractivity contribution in [3.63, 3.8) is 0 Å². The first-order chi connectivity index (χ1) is 12.2. The highest BCUT2D eigenvalue weighted by atomic mass is 16.3. The molecule has 3 aromatic heterocycles. The van der Waals surface area contributed by atoms with Crippen molar-refractivity contribution in [1.82, 2.24) is 15.3 Å². The minimum absolute atomic E-state index is 0.221. The Labute approximate surface area is 146 Å². The van der Waals surface area contributed by atoms with Crippen LogP contribution in [0, 0.1) is 0 Å². The Morgan fingerprint density at radius 1 is 1.20 bits per heavy atom. The van der Waals surface area contributed by atoms with Gasteiger partial charge in [-0.15, -0.1) is 0 Å². The number of rotatable bonds is 7. The predicted molar refractivity (Wildman–Crippen MR) is 95.3 cm³/mol. The number of pyridine rings is 2. The van der Waals surface area contributed by atoms with E-state index in [-0.39, 0.29) is 5.91 Å². The van der Waals surface area contributed by atoms with Gasteiger partial charge in [-0.3, -0.25) is 14.8 Å². The van der Waals surface area contributed by atoms with Gasteiger partial charge in [0.15, 0.2) is 0 Å². The first-order valence-electron chi connectivity index (χ1n) is 8.09. The number of nitrogens with one attached hydrogen (secondary N) is 1. The lowest BCUT2D eigenvalue weighted by Crippen LogP contribution is -2.25. The molecule has 0 saturated carbocycles. The number of furan rings is 1. The number of nitrogens with zero attached hydrogens (tertiary/aromatic N) is 3. The molecule has 3 heterocycles. The maximum Gasteiger partial charge on any atom is 0.270 e. The van der Waals surface area contributed by atoms with Crippen LogP contribution >= 0.6 is 0 Å². The van der Waals surface area contributed by atoms with Crippen molar-refractivity contribution in [1.29, 1.82) is 0 Å². The highest BCUT2D eigenvalue weighted by Crippen LogP contribution is 2.14. The standard InChI is InChI=1S/C19H20N4O2/c1-23(11-7-15-4-8-20-9-5-15)16-6-10-21-18(13-16)19(24)22-14-17-3-2-12-25-17/h2-6,8-10,12-13H,7,11,14H2,1H3,(H,22,24). The van der Waals surface area contributed by atoms with E-state index in [1.165, 1.54) is 5.56 Å². The molecule has 3 aromatic rings. The Bertz CT molecular complexity index is 803. The number of carbonyl (C=O) groups excluding carboxylic acids is 1. The van der Waals surface area contributed by atoms with Crippen molar-refractivity contribution in [2.75, 3.05) is 18.5 Å². The van der Waals surface area contributed by atoms with E-state index in [0.717, 1.165) is 18.7 Å². The summed E-state index contributed by atoms with van der Waals surface area (Å²) in [6.07, 6.45) is 7.73. The molecule has 0 aliphatic carbocycles. The molecular formula is C19H20N4O2. The van der Waals surface area contributed by atoms with Gasteiger partial charge in [0.05, 0.1) is 12.8 Å². The molecule has 0 spiro atoms. The second-order valence-electron chi connectivity index (χ2n) is 5.69. The van der Waals surface area contributed by atoms with E-state index in [1.54, 1.807) is 37.0 Å². The van der Waals surface area contributed by atoms with Gasteiger partial charge in [-0.1, -0.05) is 0 Å². The van der Waals surface area contributed by atoms with Gasteiger partial charge in [-0.05, 0) is 48.4 Å². The van der Waals surface area contributed by atoms with Crippen molar-refractivity contribution < 1.29 is 9.21 Å². The first kappa shape index (κ1) is 16.7. The number of amides is 1. The third-order valence-electron chi connectivity index (χ3n) is 3.91. The fourth-order valence-electron chi connectivity index (χ4n) is 2.43. The summed E-state index contributed by atoms with van der Waals surface area (Å²) in [5, 5.41) is 2.80. The van der Waals surface area contributed by atoms with E-state index in [9.17, 15) is 4.79 Å². The zero-order valence-corrected chi connectivity index (χ0v) is 14.1. The summed E-state index contributed by atoms with van der Waals surface area (Å²) in [5.41, 5.74) is 2.57. The minimum atomic E-state index is -0.221. The molecule has 0 radical (unpaired) electrons. The van der Waals surface area contributed by atoms with Gasteiger partial charge in [0, 0.05) is 37.9 Å². The molecule has 128 valence electrons. The summed E-state index contributed by atoms with van der Waals surface area (Å²) in [6, 6.07) is 11.3. The van der Waals surface area contributed by atoms with Crippen LogP contribution in [-0.2, 0) is 13.0 Å². The van der Waals surface area contributed by atoms with Crippen molar-refractivity contribution >= 4 is 11.6 Å². The van der Waals surface area contributed by atoms with Crippen molar-refractivity contribution in [2.24, 2.45) is 0 Å². The number of hydrogen-bond donors (Lipinski definition) is 1. The van der Waals surface area contributed by atoms with Crippen LogP contribution in [0.5, 0.6) is 0 Å². The van der Waals surface area contributed by atoms with Crippen LogP contribution in [0.15, 0.2) is 65.7 Å². The minimum Gasteiger partial charge on any atom is -0.467 e. The number of carbonyl (C=O) groups is 1. The molecule has 3 rings (SSSR count). The fraction of sp³-hybridized carbons (Fsp3) is 0.211. The zero-order valence-electron chi connectivity index (χ0n) is 14.1. The van der Waals surface area contributed by atoms with E-state index >= 15 is 0 Å². The summed E-state index contributed by atoms with van der Waals surface area (Å²) < 4.78 is 5.21. The van der Waals surface area contributed by atoms with Gasteiger partial charge in [-0.2, -0.15) is 0 Å². The molecule has 6 nitrogen and oxygen atoms in total. The third kappa shape index (κ3) is 4.67. The molecule has 0 fully saturated rings. The van der Waals surface area contributed by atoms with Gasteiger partial charge >= 0.3 is 0 Å². The van der Waals surface area contributed by atoms with Crippen LogP contribution in [-0.4, -0.2) is 29.5 Å². The molecule has 6 heteroatoms. The van der Waals surface area contributed by atoms with Gasteiger partial charge in [0.25, 0.3) is 5.91 Å². The SMILES string of the molecule is CN(CCc1ccncc1)c1ccnc(C(=O)NCc2ccco2)c1. The Hall–Kier alpha value is -3.15. The molecule has 0 atom stereocenters. The number of hydrogen-bond acceptors (Lipinski definition) is 5. The lowest BCUT2D eigenvalue weighted by atomic mass is 10.2. The van der Waals surface area contributed by atoms with Crippen LogP contribution in [0.3, 0.4) is 0 Å². The normalized spacial score (nSPS) is 10.4. The van der Waals surface area contributed by atoms with E-state index in [0.29, 0.717) is 18.0 Å². The maximum atomic E-state index is 12.3. The van der Waals surface area contributed by atoms with Crippen LogP contribution in [0.4, 0.5) is 5.69 Å². The highest BCUT2D eigenvalue weighted by molar-refractivity contribution is 5.93. The molecule has 0 unspecified atom stereocenters. The van der Waals surface area contributed by atoms with Gasteiger partial charge in [0.2, 0.25) is 0 Å². The topological polar surface area (TPSA) is 71.3 Å². The third-order valence-corrected chi connectivity index (χ3v) is 3.91. The van der Waals surface area contributed by atoms with Gasteiger partial charge in [0.1, 0.15) is 11.5 Å². The van der Waals surface area contributed by atoms with Crippen LogP contribution in [0.25, 0.3) is 0 Å². The summed E-state index contributed by atoms with van der Waals surface area (Å²) in [7, 11) is 2.00. The molecule has 0 aliphatic rings. The summed E-state index contributed by atoms with van der Waals surface area (Å²) >= 11 is 0. The van der Waals surface area contributed by atoms with E-state index in [4.69, 9.17) is 4.42 Å². The lowest BCUT2D eigenvalue weighted by Gasteiger charge is -2.19. The number of aromatic nitrogens is 2. The summed E-state index contributed by atoms with van der Waals surface area (Å²) in [4.78, 5) is 22.5. The van der Waals surface area contributed by atoms with Gasteiger partial charge in [-0.25, -0.2) is 0 Å². The molecule has 1 N–H and O–H groups in total. The quantitative estimate of drug-likeness (QED) is 0.718. The fourth-order valence-corrected chi connectivity index (χ4v) is 2.43. The van der Waals surface area contributed by atoms with Crippen LogP contribution in [0.2, 0.25) is 0 Å². The van der Waals surface area contributed by atoms with E-state index < -0.39 is 0 Å². The largest absolute Gasteiger partial charge is 0.467 e. The average molecular weight is 336 g/mol. The predicted octanol–water partition coefficient (Wildman–Crippen LogP) is 2.68. The van der Waals surface area contributed by atoms with Crippen LogP contribution in [0.1, 0.15) is 21.8 Å². The Kier molecular flexibility index (Phi) is 5.41. The molecule has 25 heavy (non-hydrogen) atoms. The molecule has 0 aromatic carbocycles. The average Bonchev–Trinajstić information content (AvgIpc) is 3.18. The molecule has 0 bridgehead atoms. The number of likely N-dealkylation sites (N-methyl/N-ethyl adjacent to an activating group) is 1. The smallest absolute Gasteiger partial charge is 0.270 e. The summed E-state index contributed by atoms with van der Waals surface area (Å²) in [6.45, 7) is 1.18. The Morgan fingerprint density at radius 2 is 2.04 bits per heavy atom.